The second-order valence-electron chi connectivity index (χ2n) is 7.66. The molecule has 4 nitrogen and oxygen atoms in total. The molecule has 1 fully saturated rings. The summed E-state index contributed by atoms with van der Waals surface area (Å²) < 4.78 is 11.3. The van der Waals surface area contributed by atoms with Crippen LogP contribution in [0.1, 0.15) is 51.2 Å². The van der Waals surface area contributed by atoms with Crippen LogP contribution in [0.15, 0.2) is 18.2 Å². The lowest BCUT2D eigenvalue weighted by atomic mass is 10.00. The maximum absolute atomic E-state index is 12.2. The first-order chi connectivity index (χ1) is 10.9. The predicted molar refractivity (Wildman–Crippen MR) is 89.6 cm³/mol. The number of carbonyl (C=O) groups is 1. The Morgan fingerprint density at radius 1 is 1.26 bits per heavy atom. The zero-order valence-electron chi connectivity index (χ0n) is 14.4. The van der Waals surface area contributed by atoms with Crippen molar-refractivity contribution in [2.24, 2.45) is 5.92 Å². The van der Waals surface area contributed by atoms with Crippen LogP contribution in [0.3, 0.4) is 0 Å². The van der Waals surface area contributed by atoms with Crippen LogP contribution in [0.2, 0.25) is 0 Å². The highest BCUT2D eigenvalue weighted by Crippen LogP contribution is 2.32. The van der Waals surface area contributed by atoms with Gasteiger partial charge >= 0.3 is 6.09 Å². The molecule has 23 heavy (non-hydrogen) atoms. The molecule has 126 valence electrons. The first kappa shape index (κ1) is 16.2. The minimum absolute atomic E-state index is 0.229. The Morgan fingerprint density at radius 3 is 2.74 bits per heavy atom. The van der Waals surface area contributed by atoms with Gasteiger partial charge in [-0.2, -0.15) is 0 Å². The van der Waals surface area contributed by atoms with Crippen molar-refractivity contribution < 1.29 is 14.3 Å². The molecule has 0 N–H and O–H groups in total. The van der Waals surface area contributed by atoms with E-state index in [-0.39, 0.29) is 6.09 Å². The van der Waals surface area contributed by atoms with Crippen molar-refractivity contribution in [3.05, 3.63) is 29.3 Å². The maximum Gasteiger partial charge on any atom is 0.410 e. The van der Waals surface area contributed by atoms with E-state index >= 15 is 0 Å². The molecule has 0 aromatic heterocycles. The number of fused-ring (bicyclic) bond motifs is 1. The molecule has 0 spiro atoms. The van der Waals surface area contributed by atoms with E-state index in [1.807, 2.05) is 26.8 Å². The number of rotatable bonds is 4. The minimum atomic E-state index is -0.448. The SMILES string of the molecule is CC(C)(C)OC(=O)N1CCc2cc(OCCC3CC3)ccc2C1. The second-order valence-corrected chi connectivity index (χ2v) is 7.66. The zero-order valence-corrected chi connectivity index (χ0v) is 14.4. The minimum Gasteiger partial charge on any atom is -0.494 e. The Labute approximate surface area is 138 Å². The van der Waals surface area contributed by atoms with Crippen LogP contribution in [0.4, 0.5) is 4.79 Å². The van der Waals surface area contributed by atoms with Gasteiger partial charge in [-0.15, -0.1) is 0 Å². The maximum atomic E-state index is 12.2. The standard InChI is InChI=1S/C19H27NO3/c1-19(2,3)23-18(21)20-10-8-15-12-17(7-6-16(15)13-20)22-11-9-14-4-5-14/h6-7,12,14H,4-5,8-11,13H2,1-3H3. The van der Waals surface area contributed by atoms with Gasteiger partial charge in [0.2, 0.25) is 0 Å². The molecular formula is C19H27NO3. The number of benzene rings is 1. The number of hydrogen-bond acceptors (Lipinski definition) is 3. The van der Waals surface area contributed by atoms with Gasteiger partial charge in [-0.3, -0.25) is 0 Å². The first-order valence-corrected chi connectivity index (χ1v) is 8.63. The van der Waals surface area contributed by atoms with Crippen LogP contribution in [0.25, 0.3) is 0 Å². The molecule has 1 amide bonds. The van der Waals surface area contributed by atoms with Crippen molar-refractivity contribution in [1.82, 2.24) is 4.90 Å². The van der Waals surface area contributed by atoms with Gasteiger partial charge in [0.25, 0.3) is 0 Å². The topological polar surface area (TPSA) is 38.8 Å². The number of amides is 1. The number of hydrogen-bond donors (Lipinski definition) is 0. The van der Waals surface area contributed by atoms with Crippen molar-refractivity contribution in [3.8, 4) is 5.75 Å². The highest BCUT2D eigenvalue weighted by atomic mass is 16.6. The number of nitrogens with zero attached hydrogens (tertiary/aromatic N) is 1. The molecule has 0 saturated heterocycles. The van der Waals surface area contributed by atoms with Crippen molar-refractivity contribution in [1.29, 1.82) is 0 Å². The first-order valence-electron chi connectivity index (χ1n) is 8.63. The third-order valence-corrected chi connectivity index (χ3v) is 4.33. The van der Waals surface area contributed by atoms with E-state index in [4.69, 9.17) is 9.47 Å². The fourth-order valence-corrected chi connectivity index (χ4v) is 2.85. The molecule has 1 saturated carbocycles. The fraction of sp³-hybridized carbons (Fsp3) is 0.632. The Balaban J connectivity index is 1.57. The van der Waals surface area contributed by atoms with Gasteiger partial charge in [-0.25, -0.2) is 4.79 Å². The molecule has 1 aliphatic carbocycles. The lowest BCUT2D eigenvalue weighted by Gasteiger charge is -2.31. The van der Waals surface area contributed by atoms with Gasteiger partial charge in [-0.05, 0) is 62.8 Å². The average Bonchev–Trinajstić information content (AvgIpc) is 3.29. The van der Waals surface area contributed by atoms with E-state index in [1.165, 1.54) is 30.4 Å². The summed E-state index contributed by atoms with van der Waals surface area (Å²) >= 11 is 0. The van der Waals surface area contributed by atoms with E-state index in [0.717, 1.165) is 24.7 Å². The van der Waals surface area contributed by atoms with E-state index in [0.29, 0.717) is 13.1 Å². The van der Waals surface area contributed by atoms with Crippen LogP contribution in [0, 0.1) is 5.92 Å². The molecule has 1 aromatic carbocycles. The van der Waals surface area contributed by atoms with Crippen molar-refractivity contribution in [2.45, 2.75) is 58.6 Å². The van der Waals surface area contributed by atoms with Crippen LogP contribution < -0.4 is 4.74 Å². The van der Waals surface area contributed by atoms with Crippen LogP contribution in [0.5, 0.6) is 5.75 Å². The van der Waals surface area contributed by atoms with Crippen molar-refractivity contribution in [3.63, 3.8) is 0 Å². The second kappa shape index (κ2) is 6.42. The molecule has 1 heterocycles. The highest BCUT2D eigenvalue weighted by Gasteiger charge is 2.26. The highest BCUT2D eigenvalue weighted by molar-refractivity contribution is 5.68. The van der Waals surface area contributed by atoms with Gasteiger partial charge in [-0.1, -0.05) is 18.9 Å². The average molecular weight is 317 g/mol. The number of ether oxygens (including phenoxy) is 2. The number of carbonyl (C=O) groups excluding carboxylic acids is 1. The predicted octanol–water partition coefficient (Wildman–Crippen LogP) is 4.16. The summed E-state index contributed by atoms with van der Waals surface area (Å²) in [5, 5.41) is 0. The van der Waals surface area contributed by atoms with E-state index in [9.17, 15) is 4.79 Å². The Morgan fingerprint density at radius 2 is 2.04 bits per heavy atom. The molecule has 2 aliphatic rings. The molecule has 3 rings (SSSR count). The summed E-state index contributed by atoms with van der Waals surface area (Å²) in [5.41, 5.74) is 2.03. The fourth-order valence-electron chi connectivity index (χ4n) is 2.85. The molecule has 0 bridgehead atoms. The Hall–Kier alpha value is -1.71. The van der Waals surface area contributed by atoms with Gasteiger partial charge in [0, 0.05) is 13.1 Å². The third-order valence-electron chi connectivity index (χ3n) is 4.33. The summed E-state index contributed by atoms with van der Waals surface area (Å²) in [6.07, 6.45) is 4.54. The van der Waals surface area contributed by atoms with Crippen LogP contribution >= 0.6 is 0 Å². The molecular weight excluding hydrogens is 290 g/mol. The van der Waals surface area contributed by atoms with Gasteiger partial charge in [0.15, 0.2) is 0 Å². The normalized spacial score (nSPS) is 17.6. The van der Waals surface area contributed by atoms with Gasteiger partial charge < -0.3 is 14.4 Å². The summed E-state index contributed by atoms with van der Waals surface area (Å²) in [6.45, 7) is 7.82. The van der Waals surface area contributed by atoms with Crippen molar-refractivity contribution >= 4 is 6.09 Å². The summed E-state index contributed by atoms with van der Waals surface area (Å²) in [7, 11) is 0. The lowest BCUT2D eigenvalue weighted by Crippen LogP contribution is -2.39. The molecule has 1 aromatic rings. The molecule has 0 radical (unpaired) electrons. The largest absolute Gasteiger partial charge is 0.494 e. The Kier molecular flexibility index (Phi) is 4.51. The zero-order chi connectivity index (χ0) is 16.4. The summed E-state index contributed by atoms with van der Waals surface area (Å²) in [6, 6.07) is 6.23. The van der Waals surface area contributed by atoms with E-state index in [1.54, 1.807) is 4.90 Å². The molecule has 1 aliphatic heterocycles. The molecule has 0 atom stereocenters. The van der Waals surface area contributed by atoms with Gasteiger partial charge in [0.05, 0.1) is 6.61 Å². The van der Waals surface area contributed by atoms with Gasteiger partial charge in [0.1, 0.15) is 11.4 Å². The van der Waals surface area contributed by atoms with E-state index < -0.39 is 5.60 Å². The molecule has 0 unspecified atom stereocenters. The quantitative estimate of drug-likeness (QED) is 0.837. The molecule has 4 heteroatoms. The monoisotopic (exact) mass is 317 g/mol. The van der Waals surface area contributed by atoms with E-state index in [2.05, 4.69) is 12.1 Å². The van der Waals surface area contributed by atoms with Crippen LogP contribution in [-0.4, -0.2) is 29.7 Å². The summed E-state index contributed by atoms with van der Waals surface area (Å²) in [5.74, 6) is 1.85. The smallest absolute Gasteiger partial charge is 0.410 e. The van der Waals surface area contributed by atoms with Crippen LogP contribution in [-0.2, 0) is 17.7 Å². The van der Waals surface area contributed by atoms with Crippen molar-refractivity contribution in [2.75, 3.05) is 13.2 Å². The Bertz CT molecular complexity index is 572. The summed E-state index contributed by atoms with van der Waals surface area (Å²) in [4.78, 5) is 14.0. The lowest BCUT2D eigenvalue weighted by molar-refractivity contribution is 0.0224. The third kappa shape index (κ3) is 4.63.